The van der Waals surface area contributed by atoms with Crippen LogP contribution in [0.5, 0.6) is 0 Å². The second kappa shape index (κ2) is 8.59. The Hall–Kier alpha value is -2.81. The second-order valence-corrected chi connectivity index (χ2v) is 5.21. The summed E-state index contributed by atoms with van der Waals surface area (Å²) >= 11 is 0. The van der Waals surface area contributed by atoms with Crippen molar-refractivity contribution in [1.82, 2.24) is 0 Å². The van der Waals surface area contributed by atoms with Crippen LogP contribution in [-0.2, 0) is 9.53 Å². The van der Waals surface area contributed by atoms with Gasteiger partial charge in [0.15, 0.2) is 0 Å². The third-order valence-electron chi connectivity index (χ3n) is 2.98. The molecule has 0 unspecified atom stereocenters. The number of ether oxygens (including phenoxy) is 1. The van der Waals surface area contributed by atoms with Crippen LogP contribution in [0.2, 0.25) is 0 Å². The van der Waals surface area contributed by atoms with Gasteiger partial charge in [-0.2, -0.15) is 0 Å². The predicted molar refractivity (Wildman–Crippen MR) is 91.9 cm³/mol. The van der Waals surface area contributed by atoms with Crippen LogP contribution in [0.3, 0.4) is 0 Å². The average molecular weight is 302 g/mol. The third kappa shape index (κ3) is 6.22. The van der Waals surface area contributed by atoms with Gasteiger partial charge in [-0.05, 0) is 55.2 Å². The summed E-state index contributed by atoms with van der Waals surface area (Å²) in [6.07, 6.45) is 0. The highest BCUT2D eigenvalue weighted by Gasteiger charge is 1.96. The van der Waals surface area contributed by atoms with E-state index >= 15 is 0 Å². The van der Waals surface area contributed by atoms with Crippen molar-refractivity contribution < 1.29 is 9.53 Å². The molecule has 2 heteroatoms. The lowest BCUT2D eigenvalue weighted by Crippen LogP contribution is -2.06. The predicted octanol–water partition coefficient (Wildman–Crippen LogP) is 3.29. The fourth-order valence-corrected chi connectivity index (χ4v) is 2.08. The Bertz CT molecular complexity index is 776. The summed E-state index contributed by atoms with van der Waals surface area (Å²) in [5.41, 5.74) is 4.04. The van der Waals surface area contributed by atoms with Crippen molar-refractivity contribution in [2.45, 2.75) is 13.8 Å². The van der Waals surface area contributed by atoms with E-state index in [4.69, 9.17) is 4.74 Å². The number of carbonyl (C=O) groups is 1. The van der Waals surface area contributed by atoms with E-state index in [9.17, 15) is 4.79 Å². The topological polar surface area (TPSA) is 26.3 Å². The number of rotatable bonds is 3. The Morgan fingerprint density at radius 2 is 1.65 bits per heavy atom. The molecule has 2 nitrogen and oxygen atoms in total. The van der Waals surface area contributed by atoms with Crippen LogP contribution in [0.25, 0.3) is 0 Å². The van der Waals surface area contributed by atoms with Gasteiger partial charge in [-0.3, -0.25) is 4.79 Å². The van der Waals surface area contributed by atoms with Crippen LogP contribution >= 0.6 is 0 Å². The van der Waals surface area contributed by atoms with Gasteiger partial charge in [0.05, 0.1) is 0 Å². The fourth-order valence-electron chi connectivity index (χ4n) is 2.08. The molecule has 0 saturated heterocycles. The molecule has 2 aromatic rings. The SMILES string of the molecule is Cc1cc(C)cc(C#CC(=O)COCC#Cc2ccccc2)c1. The lowest BCUT2D eigenvalue weighted by molar-refractivity contribution is -0.117. The normalized spacial score (nSPS) is 9.30. The molecule has 0 N–H and O–H groups in total. The number of benzene rings is 2. The Labute approximate surface area is 137 Å². The number of hydrogen-bond acceptors (Lipinski definition) is 2. The van der Waals surface area contributed by atoms with Crippen LogP contribution in [0.15, 0.2) is 48.5 Å². The Morgan fingerprint density at radius 1 is 0.957 bits per heavy atom. The van der Waals surface area contributed by atoms with E-state index in [1.54, 1.807) is 0 Å². The summed E-state index contributed by atoms with van der Waals surface area (Å²) in [4.78, 5) is 11.7. The van der Waals surface area contributed by atoms with E-state index in [0.717, 1.165) is 22.3 Å². The van der Waals surface area contributed by atoms with Gasteiger partial charge >= 0.3 is 0 Å². The van der Waals surface area contributed by atoms with Crippen molar-refractivity contribution in [2.75, 3.05) is 13.2 Å². The van der Waals surface area contributed by atoms with E-state index in [0.29, 0.717) is 0 Å². The summed E-state index contributed by atoms with van der Waals surface area (Å²) in [6.45, 7) is 4.19. The number of carbonyl (C=O) groups excluding carboxylic acids is 1. The zero-order valence-electron chi connectivity index (χ0n) is 13.3. The number of hydrogen-bond donors (Lipinski definition) is 0. The van der Waals surface area contributed by atoms with Crippen LogP contribution in [0, 0.1) is 37.5 Å². The van der Waals surface area contributed by atoms with Gasteiger partial charge in [0.1, 0.15) is 13.2 Å². The molecule has 0 aliphatic heterocycles. The van der Waals surface area contributed by atoms with Crippen molar-refractivity contribution in [3.8, 4) is 23.7 Å². The molecule has 0 atom stereocenters. The molecule has 23 heavy (non-hydrogen) atoms. The number of Topliss-reactive ketones (excluding diaryl/α,β-unsaturated/α-hetero) is 1. The molecule has 2 aromatic carbocycles. The van der Waals surface area contributed by atoms with Gasteiger partial charge in [-0.1, -0.05) is 42.0 Å². The maximum absolute atomic E-state index is 11.7. The average Bonchev–Trinajstić information content (AvgIpc) is 2.53. The van der Waals surface area contributed by atoms with E-state index in [2.05, 4.69) is 29.7 Å². The smallest absolute Gasteiger partial charge is 0.231 e. The molecular formula is C21H18O2. The summed E-state index contributed by atoms with van der Waals surface area (Å²) in [5.74, 6) is 11.1. The number of ketones is 1. The highest BCUT2D eigenvalue weighted by molar-refractivity contribution is 5.97. The first-order chi connectivity index (χ1) is 11.1. The van der Waals surface area contributed by atoms with Gasteiger partial charge < -0.3 is 4.74 Å². The standard InChI is InChI=1S/C21H18O2/c1-17-13-18(2)15-20(14-17)10-11-21(22)16-23-12-6-9-19-7-4-3-5-8-19/h3-5,7-8,13-15H,12,16H2,1-2H3. The minimum atomic E-state index is -0.245. The molecule has 0 saturated carbocycles. The second-order valence-electron chi connectivity index (χ2n) is 5.21. The maximum Gasteiger partial charge on any atom is 0.231 e. The molecule has 0 radical (unpaired) electrons. The van der Waals surface area contributed by atoms with Gasteiger partial charge in [0, 0.05) is 11.1 Å². The molecule has 0 aliphatic carbocycles. The monoisotopic (exact) mass is 302 g/mol. The van der Waals surface area contributed by atoms with E-state index < -0.39 is 0 Å². The van der Waals surface area contributed by atoms with Gasteiger partial charge in [-0.25, -0.2) is 0 Å². The molecule has 0 fully saturated rings. The summed E-state index contributed by atoms with van der Waals surface area (Å²) in [7, 11) is 0. The van der Waals surface area contributed by atoms with Crippen molar-refractivity contribution >= 4 is 5.78 Å². The fraction of sp³-hybridized carbons (Fsp3) is 0.190. The van der Waals surface area contributed by atoms with E-state index in [1.165, 1.54) is 0 Å². The van der Waals surface area contributed by atoms with Crippen molar-refractivity contribution in [3.05, 3.63) is 70.8 Å². The maximum atomic E-state index is 11.7. The molecule has 0 aliphatic rings. The molecular weight excluding hydrogens is 284 g/mol. The third-order valence-corrected chi connectivity index (χ3v) is 2.98. The highest BCUT2D eigenvalue weighted by atomic mass is 16.5. The first-order valence-electron chi connectivity index (χ1n) is 7.38. The van der Waals surface area contributed by atoms with E-state index in [1.807, 2.05) is 56.3 Å². The molecule has 0 spiro atoms. The first-order valence-corrected chi connectivity index (χ1v) is 7.38. The molecule has 0 amide bonds. The Kier molecular flexibility index (Phi) is 6.18. The van der Waals surface area contributed by atoms with Crippen LogP contribution < -0.4 is 0 Å². The van der Waals surface area contributed by atoms with Crippen molar-refractivity contribution in [3.63, 3.8) is 0 Å². The molecule has 0 heterocycles. The summed E-state index contributed by atoms with van der Waals surface area (Å²) in [6, 6.07) is 15.6. The zero-order chi connectivity index (χ0) is 16.5. The van der Waals surface area contributed by atoms with Crippen molar-refractivity contribution in [2.24, 2.45) is 0 Å². The van der Waals surface area contributed by atoms with Crippen molar-refractivity contribution in [1.29, 1.82) is 0 Å². The van der Waals surface area contributed by atoms with Gasteiger partial charge in [0.2, 0.25) is 5.78 Å². The first kappa shape index (κ1) is 16.6. The highest BCUT2D eigenvalue weighted by Crippen LogP contribution is 2.07. The molecule has 2 rings (SSSR count). The summed E-state index contributed by atoms with van der Waals surface area (Å²) in [5, 5.41) is 0. The minimum absolute atomic E-state index is 0.0404. The quantitative estimate of drug-likeness (QED) is 0.642. The molecule has 114 valence electrons. The summed E-state index contributed by atoms with van der Waals surface area (Å²) < 4.78 is 5.23. The Balaban J connectivity index is 1.80. The van der Waals surface area contributed by atoms with Crippen LogP contribution in [0.4, 0.5) is 0 Å². The van der Waals surface area contributed by atoms with Gasteiger partial charge in [0.25, 0.3) is 0 Å². The van der Waals surface area contributed by atoms with Crippen LogP contribution in [0.1, 0.15) is 22.3 Å². The largest absolute Gasteiger partial charge is 0.360 e. The molecule has 0 aromatic heterocycles. The number of aryl methyl sites for hydroxylation is 2. The van der Waals surface area contributed by atoms with Gasteiger partial charge in [-0.15, -0.1) is 0 Å². The zero-order valence-corrected chi connectivity index (χ0v) is 13.3. The van der Waals surface area contributed by atoms with Crippen LogP contribution in [-0.4, -0.2) is 19.0 Å². The lowest BCUT2D eigenvalue weighted by atomic mass is 10.1. The van der Waals surface area contributed by atoms with E-state index in [-0.39, 0.29) is 19.0 Å². The molecule has 0 bridgehead atoms. The lowest BCUT2D eigenvalue weighted by Gasteiger charge is -1.97. The minimum Gasteiger partial charge on any atom is -0.360 e. The Morgan fingerprint density at radius 3 is 2.35 bits per heavy atom.